The third-order valence-corrected chi connectivity index (χ3v) is 0.996. The molecule has 0 radical (unpaired) electrons. The number of benzene rings is 1. The topological polar surface area (TPSA) is 52.0 Å². The van der Waals surface area contributed by atoms with Gasteiger partial charge in [0, 0.05) is 0 Å². The van der Waals surface area contributed by atoms with Gasteiger partial charge < -0.3 is 11.5 Å². The Balaban J connectivity index is 0.000000371. The van der Waals surface area contributed by atoms with Gasteiger partial charge in [0.1, 0.15) is 0 Å². The number of rotatable bonds is 0. The fourth-order valence-electron chi connectivity index (χ4n) is 0.511. The Bertz CT molecular complexity index is 168. The molecule has 0 aliphatic rings. The van der Waals surface area contributed by atoms with E-state index in [1.165, 1.54) is 0 Å². The maximum absolute atomic E-state index is 9.50. The van der Waals surface area contributed by atoms with Crippen LogP contribution in [0.1, 0.15) is 0 Å². The van der Waals surface area contributed by atoms with Crippen molar-refractivity contribution < 1.29 is 4.39 Å². The highest BCUT2D eigenvalue weighted by Crippen LogP contribution is 2.10. The molecule has 1 aromatic rings. The molecule has 0 unspecified atom stereocenters. The van der Waals surface area contributed by atoms with Crippen LogP contribution in [-0.2, 0) is 0 Å². The van der Waals surface area contributed by atoms with Gasteiger partial charge in [-0.2, -0.15) is 0 Å². The predicted molar refractivity (Wildman–Crippen MR) is 42.3 cm³/mol. The molecule has 0 atom stereocenters. The van der Waals surface area contributed by atoms with E-state index in [9.17, 15) is 4.39 Å². The molecule has 0 amide bonds. The van der Waals surface area contributed by atoms with E-state index in [-0.39, 0.29) is 0 Å². The van der Waals surface area contributed by atoms with Gasteiger partial charge in [-0.25, -0.2) is 0 Å². The summed E-state index contributed by atoms with van der Waals surface area (Å²) < 4.78 is 9.50. The number of hydrogen-bond acceptors (Lipinski definition) is 2. The Labute approximate surface area is 59.6 Å². The average Bonchev–Trinajstić information content (AvgIpc) is 2.00. The van der Waals surface area contributed by atoms with Crippen LogP contribution in [0.4, 0.5) is 15.8 Å². The molecule has 0 saturated heterocycles. The van der Waals surface area contributed by atoms with Crippen LogP contribution in [-0.4, -0.2) is 7.18 Å². The average molecular weight is 142 g/mol. The van der Waals surface area contributed by atoms with Crippen LogP contribution in [0.2, 0.25) is 0 Å². The van der Waals surface area contributed by atoms with Gasteiger partial charge in [0.15, 0.2) is 0 Å². The van der Waals surface area contributed by atoms with E-state index in [2.05, 4.69) is 0 Å². The van der Waals surface area contributed by atoms with Gasteiger partial charge in [0.25, 0.3) is 0 Å². The molecule has 0 aliphatic carbocycles. The zero-order valence-electron chi connectivity index (χ0n) is 5.84. The van der Waals surface area contributed by atoms with Crippen molar-refractivity contribution >= 4 is 11.4 Å². The first-order valence-electron chi connectivity index (χ1n) is 2.78. The van der Waals surface area contributed by atoms with Crippen LogP contribution in [0, 0.1) is 0 Å². The van der Waals surface area contributed by atoms with E-state index >= 15 is 0 Å². The van der Waals surface area contributed by atoms with Gasteiger partial charge in [0.05, 0.1) is 18.6 Å². The summed E-state index contributed by atoms with van der Waals surface area (Å²) in [7, 11) is 0.500. The van der Waals surface area contributed by atoms with Crippen molar-refractivity contribution in [3.8, 4) is 0 Å². The Morgan fingerprint density at radius 1 is 1.00 bits per heavy atom. The summed E-state index contributed by atoms with van der Waals surface area (Å²) in [5, 5.41) is 0. The van der Waals surface area contributed by atoms with Crippen molar-refractivity contribution in [1.82, 2.24) is 0 Å². The highest BCUT2D eigenvalue weighted by Gasteiger charge is 1.85. The molecule has 0 bridgehead atoms. The van der Waals surface area contributed by atoms with E-state index in [4.69, 9.17) is 11.5 Å². The van der Waals surface area contributed by atoms with Crippen molar-refractivity contribution in [3.05, 3.63) is 24.3 Å². The first-order chi connectivity index (χ1) is 4.80. The number of anilines is 2. The lowest BCUT2D eigenvalue weighted by Crippen LogP contribution is -1.91. The molecule has 1 rings (SSSR count). The number of para-hydroxylation sites is 2. The number of alkyl halides is 1. The van der Waals surface area contributed by atoms with Gasteiger partial charge in [-0.3, -0.25) is 4.39 Å². The molecule has 1 aromatic carbocycles. The SMILES string of the molecule is CF.Nc1ccccc1N. The summed E-state index contributed by atoms with van der Waals surface area (Å²) in [5.41, 5.74) is 12.1. The summed E-state index contributed by atoms with van der Waals surface area (Å²) in [4.78, 5) is 0. The smallest absolute Gasteiger partial charge is 0.0785 e. The Morgan fingerprint density at radius 3 is 1.50 bits per heavy atom. The van der Waals surface area contributed by atoms with Crippen molar-refractivity contribution in [2.45, 2.75) is 0 Å². The van der Waals surface area contributed by atoms with Gasteiger partial charge in [-0.05, 0) is 12.1 Å². The lowest BCUT2D eigenvalue weighted by Gasteiger charge is -1.94. The van der Waals surface area contributed by atoms with Crippen molar-refractivity contribution in [2.24, 2.45) is 0 Å². The first-order valence-corrected chi connectivity index (χ1v) is 2.78. The van der Waals surface area contributed by atoms with E-state index in [0.717, 1.165) is 0 Å². The van der Waals surface area contributed by atoms with E-state index < -0.39 is 0 Å². The number of nitrogens with two attached hydrogens (primary N) is 2. The monoisotopic (exact) mass is 142 g/mol. The Kier molecular flexibility index (Phi) is 4.04. The predicted octanol–water partition coefficient (Wildman–Crippen LogP) is 1.44. The van der Waals surface area contributed by atoms with Crippen LogP contribution >= 0.6 is 0 Å². The molecular weight excluding hydrogens is 131 g/mol. The minimum absolute atomic E-state index is 0.500. The fraction of sp³-hybridized carbons (Fsp3) is 0.143. The second-order valence-corrected chi connectivity index (χ2v) is 1.63. The Hall–Kier alpha value is -1.25. The normalized spacial score (nSPS) is 7.80. The third-order valence-electron chi connectivity index (χ3n) is 0.996. The minimum Gasteiger partial charge on any atom is -0.397 e. The van der Waals surface area contributed by atoms with Gasteiger partial charge in [-0.15, -0.1) is 0 Å². The highest BCUT2D eigenvalue weighted by molar-refractivity contribution is 5.62. The molecule has 0 spiro atoms. The van der Waals surface area contributed by atoms with E-state index in [1.54, 1.807) is 12.1 Å². The lowest BCUT2D eigenvalue weighted by molar-refractivity contribution is 0.636. The van der Waals surface area contributed by atoms with Gasteiger partial charge in [0.2, 0.25) is 0 Å². The molecule has 56 valence electrons. The van der Waals surface area contributed by atoms with Crippen LogP contribution in [0.3, 0.4) is 0 Å². The van der Waals surface area contributed by atoms with Gasteiger partial charge >= 0.3 is 0 Å². The summed E-state index contributed by atoms with van der Waals surface area (Å²) in [6.45, 7) is 0. The zero-order chi connectivity index (χ0) is 7.98. The summed E-state index contributed by atoms with van der Waals surface area (Å²) >= 11 is 0. The van der Waals surface area contributed by atoms with Crippen LogP contribution in [0.5, 0.6) is 0 Å². The molecular formula is C7H11FN2. The second kappa shape index (κ2) is 4.61. The third kappa shape index (κ3) is 2.35. The molecule has 2 nitrogen and oxygen atoms in total. The molecule has 10 heavy (non-hydrogen) atoms. The number of nitrogen functional groups attached to an aromatic ring is 2. The summed E-state index contributed by atoms with van der Waals surface area (Å²) in [5.74, 6) is 0. The maximum atomic E-state index is 9.50. The summed E-state index contributed by atoms with van der Waals surface area (Å²) in [6.07, 6.45) is 0. The summed E-state index contributed by atoms with van der Waals surface area (Å²) in [6, 6.07) is 7.25. The first kappa shape index (κ1) is 8.75. The largest absolute Gasteiger partial charge is 0.397 e. The molecule has 4 N–H and O–H groups in total. The molecule has 0 aromatic heterocycles. The van der Waals surface area contributed by atoms with E-state index in [1.807, 2.05) is 12.1 Å². The number of halogens is 1. The molecule has 0 aliphatic heterocycles. The zero-order valence-corrected chi connectivity index (χ0v) is 5.84. The lowest BCUT2D eigenvalue weighted by atomic mass is 10.3. The molecule has 0 saturated carbocycles. The van der Waals surface area contributed by atoms with Crippen LogP contribution in [0.25, 0.3) is 0 Å². The second-order valence-electron chi connectivity index (χ2n) is 1.63. The van der Waals surface area contributed by atoms with Gasteiger partial charge in [-0.1, -0.05) is 12.1 Å². The molecule has 3 heteroatoms. The fourth-order valence-corrected chi connectivity index (χ4v) is 0.511. The maximum Gasteiger partial charge on any atom is 0.0785 e. The minimum atomic E-state index is 0.500. The van der Waals surface area contributed by atoms with Crippen LogP contribution in [0.15, 0.2) is 24.3 Å². The Morgan fingerprint density at radius 2 is 1.30 bits per heavy atom. The van der Waals surface area contributed by atoms with Crippen molar-refractivity contribution in [3.63, 3.8) is 0 Å². The van der Waals surface area contributed by atoms with E-state index in [0.29, 0.717) is 18.6 Å². The highest BCUT2D eigenvalue weighted by atomic mass is 19.1. The quantitative estimate of drug-likeness (QED) is 0.538. The molecule has 0 fully saturated rings. The van der Waals surface area contributed by atoms with Crippen molar-refractivity contribution in [2.75, 3.05) is 18.6 Å². The standard InChI is InChI=1S/C6H8N2.CH3F/c7-5-3-1-2-4-6(5)8;1-2/h1-4H,7-8H2;1H3. The van der Waals surface area contributed by atoms with Crippen molar-refractivity contribution in [1.29, 1.82) is 0 Å². The molecule has 0 heterocycles. The number of hydrogen-bond donors (Lipinski definition) is 2. The van der Waals surface area contributed by atoms with Crippen LogP contribution < -0.4 is 11.5 Å².